The molecule has 0 aliphatic carbocycles. The number of nitrogens with one attached hydrogen (secondary N) is 1. The summed E-state index contributed by atoms with van der Waals surface area (Å²) in [4.78, 5) is 13.1. The van der Waals surface area contributed by atoms with E-state index in [0.717, 1.165) is 16.3 Å². The molecule has 0 radical (unpaired) electrons. The van der Waals surface area contributed by atoms with Gasteiger partial charge in [-0.3, -0.25) is 4.79 Å². The second kappa shape index (κ2) is 8.02. The number of aromatic nitrogens is 1. The van der Waals surface area contributed by atoms with Crippen LogP contribution in [-0.4, -0.2) is 24.5 Å². The maximum absolute atomic E-state index is 13.1. The van der Waals surface area contributed by atoms with Crippen molar-refractivity contribution in [2.45, 2.75) is 13.5 Å². The fourth-order valence-electron chi connectivity index (χ4n) is 3.60. The minimum atomic E-state index is -0.229. The average molecular weight is 416 g/mol. The average Bonchev–Trinajstić information content (AvgIpc) is 3.46. The minimum Gasteiger partial charge on any atom is -0.493 e. The van der Waals surface area contributed by atoms with Gasteiger partial charge in [-0.1, -0.05) is 35.5 Å². The monoisotopic (exact) mass is 416 g/mol. The first-order chi connectivity index (χ1) is 15.2. The van der Waals surface area contributed by atoms with Crippen molar-refractivity contribution >= 4 is 16.7 Å². The fourth-order valence-corrected chi connectivity index (χ4v) is 3.60. The third-order valence-corrected chi connectivity index (χ3v) is 5.06. The first-order valence-electron chi connectivity index (χ1n) is 10.0. The van der Waals surface area contributed by atoms with Gasteiger partial charge in [0.2, 0.25) is 6.79 Å². The second-order valence-electron chi connectivity index (χ2n) is 7.03. The highest BCUT2D eigenvalue weighted by atomic mass is 16.7. The molecule has 1 amide bonds. The van der Waals surface area contributed by atoms with E-state index in [1.807, 2.05) is 61.5 Å². The molecule has 4 aromatic rings. The van der Waals surface area contributed by atoms with Crippen LogP contribution < -0.4 is 19.5 Å². The molecule has 7 nitrogen and oxygen atoms in total. The Bertz CT molecular complexity index is 1260. The molecule has 5 rings (SSSR count). The summed E-state index contributed by atoms with van der Waals surface area (Å²) in [6.07, 6.45) is 0. The lowest BCUT2D eigenvalue weighted by molar-refractivity contribution is 0.0948. The van der Waals surface area contributed by atoms with E-state index < -0.39 is 0 Å². The fraction of sp³-hybridized carbons (Fsp3) is 0.167. The number of hydrogen-bond donors (Lipinski definition) is 1. The molecule has 1 aromatic heterocycles. The van der Waals surface area contributed by atoms with E-state index in [-0.39, 0.29) is 19.2 Å². The van der Waals surface area contributed by atoms with E-state index in [2.05, 4.69) is 10.5 Å². The largest absolute Gasteiger partial charge is 0.493 e. The smallest absolute Gasteiger partial charge is 0.256 e. The zero-order chi connectivity index (χ0) is 21.2. The van der Waals surface area contributed by atoms with Crippen molar-refractivity contribution in [1.82, 2.24) is 10.5 Å². The number of nitrogens with zero attached hydrogens (tertiary/aromatic N) is 1. The molecule has 31 heavy (non-hydrogen) atoms. The van der Waals surface area contributed by atoms with Gasteiger partial charge in [0.25, 0.3) is 5.91 Å². The summed E-state index contributed by atoms with van der Waals surface area (Å²) < 4.78 is 21.9. The van der Waals surface area contributed by atoms with Gasteiger partial charge in [-0.05, 0) is 42.0 Å². The molecular formula is C24H20N2O5. The van der Waals surface area contributed by atoms with Crippen LogP contribution >= 0.6 is 0 Å². The molecule has 2 heterocycles. The third-order valence-electron chi connectivity index (χ3n) is 5.06. The van der Waals surface area contributed by atoms with Crippen molar-refractivity contribution in [3.05, 3.63) is 71.9 Å². The molecule has 0 saturated heterocycles. The summed E-state index contributed by atoms with van der Waals surface area (Å²) in [5, 5.41) is 8.82. The molecule has 0 fully saturated rings. The Morgan fingerprint density at radius 2 is 1.94 bits per heavy atom. The summed E-state index contributed by atoms with van der Waals surface area (Å²) in [6, 6.07) is 18.9. The Balaban J connectivity index is 1.35. The standard InChI is InChI=1S/C24H20N2O5/c1-2-28-20-10-7-15-5-3-4-6-18(15)23(20)24(27)25-13-17-12-21(31-26-17)16-8-9-19-22(11-16)30-14-29-19/h3-12H,2,13-14H2,1H3,(H,25,27). The van der Waals surface area contributed by atoms with Gasteiger partial charge in [-0.25, -0.2) is 0 Å². The van der Waals surface area contributed by atoms with Crippen molar-refractivity contribution in [2.24, 2.45) is 0 Å². The number of benzene rings is 3. The van der Waals surface area contributed by atoms with Crippen molar-refractivity contribution in [2.75, 3.05) is 13.4 Å². The topological polar surface area (TPSA) is 82.8 Å². The van der Waals surface area contributed by atoms with Crippen LogP contribution in [0.3, 0.4) is 0 Å². The Morgan fingerprint density at radius 3 is 2.84 bits per heavy atom. The highest BCUT2D eigenvalue weighted by molar-refractivity contribution is 6.09. The lowest BCUT2D eigenvalue weighted by Crippen LogP contribution is -2.24. The zero-order valence-corrected chi connectivity index (χ0v) is 16.9. The Labute approximate surface area is 178 Å². The summed E-state index contributed by atoms with van der Waals surface area (Å²) in [6.45, 7) is 2.80. The molecule has 7 heteroatoms. The van der Waals surface area contributed by atoms with E-state index in [1.54, 1.807) is 6.07 Å². The first kappa shape index (κ1) is 19.0. The van der Waals surface area contributed by atoms with Crippen LogP contribution in [0.4, 0.5) is 0 Å². The Hall–Kier alpha value is -4.00. The van der Waals surface area contributed by atoms with Gasteiger partial charge in [-0.15, -0.1) is 0 Å². The molecule has 1 N–H and O–H groups in total. The number of fused-ring (bicyclic) bond motifs is 2. The van der Waals surface area contributed by atoms with Crippen LogP contribution in [0.25, 0.3) is 22.1 Å². The molecule has 3 aromatic carbocycles. The number of hydrogen-bond acceptors (Lipinski definition) is 6. The van der Waals surface area contributed by atoms with E-state index in [1.165, 1.54) is 0 Å². The second-order valence-corrected chi connectivity index (χ2v) is 7.03. The number of carbonyl (C=O) groups is 1. The molecule has 0 saturated carbocycles. The minimum absolute atomic E-state index is 0.213. The van der Waals surface area contributed by atoms with Crippen LogP contribution in [0.5, 0.6) is 17.2 Å². The van der Waals surface area contributed by atoms with Gasteiger partial charge < -0.3 is 24.1 Å². The normalized spacial score (nSPS) is 12.2. The SMILES string of the molecule is CCOc1ccc2ccccc2c1C(=O)NCc1cc(-c2ccc3c(c2)OCO3)on1. The molecule has 0 unspecified atom stereocenters. The number of amides is 1. The van der Waals surface area contributed by atoms with Crippen LogP contribution in [0, 0.1) is 0 Å². The lowest BCUT2D eigenvalue weighted by Gasteiger charge is -2.13. The van der Waals surface area contributed by atoms with Gasteiger partial charge >= 0.3 is 0 Å². The lowest BCUT2D eigenvalue weighted by atomic mass is 10.0. The molecule has 156 valence electrons. The summed E-state index contributed by atoms with van der Waals surface area (Å²) in [7, 11) is 0. The molecular weight excluding hydrogens is 396 g/mol. The van der Waals surface area contributed by atoms with Gasteiger partial charge in [0.15, 0.2) is 17.3 Å². The van der Waals surface area contributed by atoms with E-state index in [0.29, 0.717) is 40.9 Å². The van der Waals surface area contributed by atoms with Crippen LogP contribution in [-0.2, 0) is 6.54 Å². The highest BCUT2D eigenvalue weighted by Crippen LogP contribution is 2.36. The summed E-state index contributed by atoms with van der Waals surface area (Å²) in [5.74, 6) is 2.29. The van der Waals surface area contributed by atoms with Crippen LogP contribution in [0.15, 0.2) is 65.2 Å². The van der Waals surface area contributed by atoms with Crippen molar-refractivity contribution < 1.29 is 23.5 Å². The number of carbonyl (C=O) groups excluding carboxylic acids is 1. The van der Waals surface area contributed by atoms with Gasteiger partial charge in [0, 0.05) is 11.6 Å². The van der Waals surface area contributed by atoms with Crippen molar-refractivity contribution in [3.63, 3.8) is 0 Å². The Kier molecular flexibility index (Phi) is 4.92. The van der Waals surface area contributed by atoms with E-state index in [9.17, 15) is 4.79 Å². The first-order valence-corrected chi connectivity index (χ1v) is 10.0. The predicted molar refractivity (Wildman–Crippen MR) is 114 cm³/mol. The van der Waals surface area contributed by atoms with Crippen molar-refractivity contribution in [3.8, 4) is 28.6 Å². The van der Waals surface area contributed by atoms with Gasteiger partial charge in [-0.2, -0.15) is 0 Å². The molecule has 0 atom stereocenters. The van der Waals surface area contributed by atoms with E-state index in [4.69, 9.17) is 18.7 Å². The zero-order valence-electron chi connectivity index (χ0n) is 16.9. The number of ether oxygens (including phenoxy) is 3. The van der Waals surface area contributed by atoms with Gasteiger partial charge in [0.1, 0.15) is 11.4 Å². The quantitative estimate of drug-likeness (QED) is 0.496. The van der Waals surface area contributed by atoms with E-state index >= 15 is 0 Å². The summed E-state index contributed by atoms with van der Waals surface area (Å²) >= 11 is 0. The third kappa shape index (κ3) is 3.66. The number of rotatable bonds is 6. The van der Waals surface area contributed by atoms with Crippen molar-refractivity contribution in [1.29, 1.82) is 0 Å². The molecule has 1 aliphatic rings. The molecule has 0 spiro atoms. The van der Waals surface area contributed by atoms with Crippen LogP contribution in [0.2, 0.25) is 0 Å². The van der Waals surface area contributed by atoms with Gasteiger partial charge in [0.05, 0.1) is 18.7 Å². The molecule has 1 aliphatic heterocycles. The predicted octanol–water partition coefficient (Wildman–Crippen LogP) is 4.55. The highest BCUT2D eigenvalue weighted by Gasteiger charge is 2.18. The van der Waals surface area contributed by atoms with Crippen LogP contribution in [0.1, 0.15) is 23.0 Å². The Morgan fingerprint density at radius 1 is 1.06 bits per heavy atom. The maximum Gasteiger partial charge on any atom is 0.256 e. The maximum atomic E-state index is 13.1. The molecule has 0 bridgehead atoms. The summed E-state index contributed by atoms with van der Waals surface area (Å²) in [5.41, 5.74) is 1.95.